The van der Waals surface area contributed by atoms with Gasteiger partial charge in [0.15, 0.2) is 0 Å². The summed E-state index contributed by atoms with van der Waals surface area (Å²) in [6, 6.07) is 3.50. The van der Waals surface area contributed by atoms with E-state index >= 15 is 0 Å². The fourth-order valence-electron chi connectivity index (χ4n) is 1.53. The molecule has 1 aromatic carbocycles. The lowest BCUT2D eigenvalue weighted by atomic mass is 10.1. The first-order valence-corrected chi connectivity index (χ1v) is 5.41. The normalized spacial score (nSPS) is 12.1. The Bertz CT molecular complexity index is 636. The SMILES string of the molecule is COC(=O)[C@H](C)NC(=O)c1ccc2no[n+]([O-])c2c1. The summed E-state index contributed by atoms with van der Waals surface area (Å²) < 4.78 is 8.88. The van der Waals surface area contributed by atoms with Gasteiger partial charge in [0.1, 0.15) is 6.04 Å². The summed E-state index contributed by atoms with van der Waals surface area (Å²) in [5, 5.41) is 17.2. The first-order valence-electron chi connectivity index (χ1n) is 5.41. The molecule has 1 atom stereocenters. The number of benzene rings is 1. The minimum absolute atomic E-state index is 0.137. The highest BCUT2D eigenvalue weighted by Gasteiger charge is 2.18. The second kappa shape index (κ2) is 4.92. The topological polar surface area (TPSA) is 108 Å². The average Bonchev–Trinajstić information content (AvgIpc) is 2.78. The van der Waals surface area contributed by atoms with Crippen LogP contribution >= 0.6 is 0 Å². The Morgan fingerprint density at radius 3 is 2.95 bits per heavy atom. The molecule has 1 heterocycles. The van der Waals surface area contributed by atoms with Crippen LogP contribution in [0.15, 0.2) is 22.8 Å². The van der Waals surface area contributed by atoms with E-state index in [0.717, 1.165) is 0 Å². The molecule has 2 rings (SSSR count). The number of methoxy groups -OCH3 is 1. The third-order valence-corrected chi connectivity index (χ3v) is 2.55. The molecule has 0 fully saturated rings. The molecule has 100 valence electrons. The van der Waals surface area contributed by atoms with Crippen molar-refractivity contribution in [1.82, 2.24) is 10.5 Å². The van der Waals surface area contributed by atoms with E-state index in [2.05, 4.69) is 19.8 Å². The molecular formula is C11H11N3O5. The van der Waals surface area contributed by atoms with Gasteiger partial charge in [-0.2, -0.15) is 0 Å². The largest absolute Gasteiger partial charge is 0.467 e. The molecule has 0 aliphatic heterocycles. The van der Waals surface area contributed by atoms with Crippen molar-refractivity contribution < 1.29 is 23.9 Å². The summed E-state index contributed by atoms with van der Waals surface area (Å²) in [5.74, 6) is -1.06. The zero-order chi connectivity index (χ0) is 14.0. The average molecular weight is 265 g/mol. The van der Waals surface area contributed by atoms with E-state index in [1.165, 1.54) is 32.2 Å². The van der Waals surface area contributed by atoms with Crippen molar-refractivity contribution in [3.63, 3.8) is 0 Å². The molecule has 19 heavy (non-hydrogen) atoms. The lowest BCUT2D eigenvalue weighted by molar-refractivity contribution is -0.782. The summed E-state index contributed by atoms with van der Waals surface area (Å²) in [7, 11) is 1.23. The van der Waals surface area contributed by atoms with Gasteiger partial charge in [-0.1, -0.05) is 0 Å². The number of fused-ring (bicyclic) bond motifs is 1. The van der Waals surface area contributed by atoms with Crippen LogP contribution in [0.1, 0.15) is 17.3 Å². The van der Waals surface area contributed by atoms with Crippen LogP contribution in [0.2, 0.25) is 0 Å². The van der Waals surface area contributed by atoms with Crippen molar-refractivity contribution in [3.8, 4) is 0 Å². The van der Waals surface area contributed by atoms with Crippen LogP contribution in [-0.4, -0.2) is 30.2 Å². The van der Waals surface area contributed by atoms with Crippen molar-refractivity contribution in [2.24, 2.45) is 0 Å². The van der Waals surface area contributed by atoms with Crippen molar-refractivity contribution in [2.75, 3.05) is 7.11 Å². The highest BCUT2D eigenvalue weighted by Crippen LogP contribution is 2.10. The summed E-state index contributed by atoms with van der Waals surface area (Å²) in [5.41, 5.74) is 0.696. The van der Waals surface area contributed by atoms with Crippen LogP contribution < -0.4 is 10.2 Å². The zero-order valence-electron chi connectivity index (χ0n) is 10.2. The first kappa shape index (κ1) is 12.8. The molecule has 0 saturated carbocycles. The van der Waals surface area contributed by atoms with Crippen molar-refractivity contribution in [2.45, 2.75) is 13.0 Å². The standard InChI is InChI=1S/C11H11N3O5/c1-6(11(16)18-2)12-10(15)7-3-4-8-9(5-7)14(17)19-13-8/h3-6H,1-2H3,(H,12,15)/t6-/m0/s1. The number of carbonyl (C=O) groups excluding carboxylic acids is 2. The van der Waals surface area contributed by atoms with E-state index in [9.17, 15) is 14.8 Å². The van der Waals surface area contributed by atoms with E-state index in [-0.39, 0.29) is 16.0 Å². The summed E-state index contributed by atoms with van der Waals surface area (Å²) in [4.78, 5) is 23.3. The van der Waals surface area contributed by atoms with Gasteiger partial charge < -0.3 is 15.3 Å². The van der Waals surface area contributed by atoms with E-state index in [1.54, 1.807) is 0 Å². The van der Waals surface area contributed by atoms with E-state index in [1.807, 2.05) is 0 Å². The van der Waals surface area contributed by atoms with Crippen LogP contribution in [0.25, 0.3) is 11.0 Å². The maximum Gasteiger partial charge on any atom is 0.328 e. The van der Waals surface area contributed by atoms with Gasteiger partial charge in [0.2, 0.25) is 11.0 Å². The third-order valence-electron chi connectivity index (χ3n) is 2.55. The van der Waals surface area contributed by atoms with E-state index in [4.69, 9.17) is 0 Å². The molecular weight excluding hydrogens is 254 g/mol. The van der Waals surface area contributed by atoms with Gasteiger partial charge in [-0.25, -0.2) is 4.79 Å². The molecule has 0 aliphatic carbocycles. The number of nitrogens with one attached hydrogen (secondary N) is 1. The summed E-state index contributed by atoms with van der Waals surface area (Å²) in [6.45, 7) is 1.50. The molecule has 1 aromatic heterocycles. The molecule has 0 saturated heterocycles. The minimum atomic E-state index is -0.782. The van der Waals surface area contributed by atoms with Gasteiger partial charge in [-0.3, -0.25) is 9.42 Å². The maximum atomic E-state index is 11.9. The predicted molar refractivity (Wildman–Crippen MR) is 61.9 cm³/mol. The second-order valence-electron chi connectivity index (χ2n) is 3.85. The predicted octanol–water partition coefficient (Wildman–Crippen LogP) is -0.248. The van der Waals surface area contributed by atoms with E-state index < -0.39 is 17.9 Å². The first-order chi connectivity index (χ1) is 9.02. The van der Waals surface area contributed by atoms with Crippen LogP contribution in [0.4, 0.5) is 0 Å². The molecule has 0 radical (unpaired) electrons. The zero-order valence-corrected chi connectivity index (χ0v) is 10.2. The smallest absolute Gasteiger partial charge is 0.328 e. The fraction of sp³-hybridized carbons (Fsp3) is 0.273. The number of rotatable bonds is 3. The number of ether oxygens (including phenoxy) is 1. The molecule has 0 unspecified atom stereocenters. The molecule has 0 aliphatic rings. The Hall–Kier alpha value is -2.64. The Labute approximate surface area is 107 Å². The quantitative estimate of drug-likeness (QED) is 0.605. The monoisotopic (exact) mass is 265 g/mol. The molecule has 8 nitrogen and oxygen atoms in total. The second-order valence-corrected chi connectivity index (χ2v) is 3.85. The summed E-state index contributed by atoms with van der Waals surface area (Å²) >= 11 is 0. The lowest BCUT2D eigenvalue weighted by Gasteiger charge is -2.11. The molecule has 2 aromatic rings. The molecule has 8 heteroatoms. The van der Waals surface area contributed by atoms with Gasteiger partial charge in [0, 0.05) is 16.8 Å². The van der Waals surface area contributed by atoms with E-state index in [0.29, 0.717) is 5.52 Å². The van der Waals surface area contributed by atoms with Crippen LogP contribution in [0.3, 0.4) is 0 Å². The van der Waals surface area contributed by atoms with Crippen molar-refractivity contribution in [1.29, 1.82) is 0 Å². The molecule has 1 N–H and O–H groups in total. The van der Waals surface area contributed by atoms with Crippen molar-refractivity contribution in [3.05, 3.63) is 29.0 Å². The highest BCUT2D eigenvalue weighted by atomic mass is 16.8. The minimum Gasteiger partial charge on any atom is -0.467 e. The van der Waals surface area contributed by atoms with Gasteiger partial charge >= 0.3 is 5.97 Å². The van der Waals surface area contributed by atoms with Crippen LogP contribution in [-0.2, 0) is 9.53 Å². The Morgan fingerprint density at radius 1 is 1.53 bits per heavy atom. The number of hydrogen-bond donors (Lipinski definition) is 1. The molecule has 0 spiro atoms. The van der Waals surface area contributed by atoms with Gasteiger partial charge in [0.05, 0.1) is 7.11 Å². The fourth-order valence-corrected chi connectivity index (χ4v) is 1.53. The Balaban J connectivity index is 2.21. The van der Waals surface area contributed by atoms with Gasteiger partial charge in [-0.15, -0.1) is 0 Å². The van der Waals surface area contributed by atoms with Crippen LogP contribution in [0, 0.1) is 5.21 Å². The Kier molecular flexibility index (Phi) is 3.32. The van der Waals surface area contributed by atoms with Crippen molar-refractivity contribution >= 4 is 22.9 Å². The van der Waals surface area contributed by atoms with Crippen LogP contribution in [0.5, 0.6) is 0 Å². The third kappa shape index (κ3) is 2.46. The molecule has 1 amide bonds. The van der Waals surface area contributed by atoms with Gasteiger partial charge in [0.25, 0.3) is 5.91 Å². The lowest BCUT2D eigenvalue weighted by Crippen LogP contribution is -2.39. The number of hydrogen-bond acceptors (Lipinski definition) is 6. The van der Waals surface area contributed by atoms with Gasteiger partial charge in [-0.05, 0) is 24.0 Å². The summed E-state index contributed by atoms with van der Waals surface area (Å²) in [6.07, 6.45) is 0. The Morgan fingerprint density at radius 2 is 2.26 bits per heavy atom. The number of aromatic nitrogens is 2. The number of nitrogens with zero attached hydrogens (tertiary/aromatic N) is 2. The maximum absolute atomic E-state index is 11.9. The number of amides is 1. The number of carbonyl (C=O) groups is 2. The molecule has 0 bridgehead atoms. The highest BCUT2D eigenvalue weighted by molar-refractivity contribution is 5.98. The number of esters is 1.